The third-order valence-corrected chi connectivity index (χ3v) is 1.47. The molecule has 0 amide bonds. The van der Waals surface area contributed by atoms with Crippen molar-refractivity contribution in [1.29, 1.82) is 0 Å². The van der Waals surface area contributed by atoms with Crippen molar-refractivity contribution >= 4 is 0 Å². The number of aromatic nitrogens is 5. The average Bonchev–Trinajstić information content (AvgIpc) is 2.55. The number of hydrogen-bond donors (Lipinski definition) is 1. The largest absolute Gasteiger partial charge is 0.333 e. The van der Waals surface area contributed by atoms with Gasteiger partial charge in [-0.05, 0) is 0 Å². The standard InChI is InChI=1S/C6H7N5/c1-11-3-2-7-6(11)5-4-8-10-9-5/h2-4H,1H3,(H,8,9,10). The van der Waals surface area contributed by atoms with Gasteiger partial charge in [0, 0.05) is 19.4 Å². The van der Waals surface area contributed by atoms with Crippen molar-refractivity contribution in [2.45, 2.75) is 0 Å². The van der Waals surface area contributed by atoms with E-state index in [0.29, 0.717) is 0 Å². The van der Waals surface area contributed by atoms with Gasteiger partial charge in [-0.1, -0.05) is 0 Å². The zero-order chi connectivity index (χ0) is 7.68. The molecule has 0 bridgehead atoms. The number of H-pyrrole nitrogens is 1. The predicted molar refractivity (Wildman–Crippen MR) is 38.6 cm³/mol. The van der Waals surface area contributed by atoms with Crippen molar-refractivity contribution < 1.29 is 0 Å². The summed E-state index contributed by atoms with van der Waals surface area (Å²) < 4.78 is 1.89. The number of rotatable bonds is 1. The first-order chi connectivity index (χ1) is 5.38. The van der Waals surface area contributed by atoms with E-state index in [4.69, 9.17) is 0 Å². The highest BCUT2D eigenvalue weighted by molar-refractivity contribution is 5.46. The Hall–Kier alpha value is -1.65. The third kappa shape index (κ3) is 0.899. The van der Waals surface area contributed by atoms with E-state index in [1.807, 2.05) is 17.8 Å². The van der Waals surface area contributed by atoms with Crippen molar-refractivity contribution in [2.24, 2.45) is 7.05 Å². The van der Waals surface area contributed by atoms with Gasteiger partial charge < -0.3 is 4.57 Å². The number of nitrogens with one attached hydrogen (secondary N) is 1. The molecule has 0 aromatic carbocycles. The van der Waals surface area contributed by atoms with Crippen molar-refractivity contribution in [3.63, 3.8) is 0 Å². The second-order valence-corrected chi connectivity index (χ2v) is 2.22. The van der Waals surface area contributed by atoms with Gasteiger partial charge in [0.25, 0.3) is 0 Å². The summed E-state index contributed by atoms with van der Waals surface area (Å²) in [6.45, 7) is 0. The van der Waals surface area contributed by atoms with Crippen LogP contribution in [-0.2, 0) is 7.05 Å². The maximum absolute atomic E-state index is 4.10. The van der Waals surface area contributed by atoms with Crippen molar-refractivity contribution in [3.8, 4) is 11.5 Å². The molecule has 5 nitrogen and oxygen atoms in total. The molecule has 2 aromatic rings. The Morgan fingerprint density at radius 2 is 2.45 bits per heavy atom. The molecule has 0 radical (unpaired) electrons. The molecule has 2 aromatic heterocycles. The Kier molecular flexibility index (Phi) is 1.21. The zero-order valence-corrected chi connectivity index (χ0v) is 6.02. The average molecular weight is 149 g/mol. The van der Waals surface area contributed by atoms with Crippen LogP contribution in [0.15, 0.2) is 18.6 Å². The lowest BCUT2D eigenvalue weighted by Gasteiger charge is -1.93. The topological polar surface area (TPSA) is 59.4 Å². The summed E-state index contributed by atoms with van der Waals surface area (Å²) in [4.78, 5) is 4.10. The third-order valence-electron chi connectivity index (χ3n) is 1.47. The molecule has 56 valence electrons. The molecule has 0 fully saturated rings. The lowest BCUT2D eigenvalue weighted by Crippen LogP contribution is -1.90. The van der Waals surface area contributed by atoms with E-state index in [1.165, 1.54) is 0 Å². The van der Waals surface area contributed by atoms with Crippen molar-refractivity contribution in [3.05, 3.63) is 18.6 Å². The monoisotopic (exact) mass is 149 g/mol. The minimum atomic E-state index is 0.762. The fraction of sp³-hybridized carbons (Fsp3) is 0.167. The molecule has 0 aliphatic heterocycles. The van der Waals surface area contributed by atoms with Gasteiger partial charge in [0.15, 0.2) is 5.82 Å². The van der Waals surface area contributed by atoms with Gasteiger partial charge in [0.05, 0.1) is 6.20 Å². The van der Waals surface area contributed by atoms with Gasteiger partial charge in [0.1, 0.15) is 5.69 Å². The molecule has 5 heteroatoms. The van der Waals surface area contributed by atoms with E-state index >= 15 is 0 Å². The second-order valence-electron chi connectivity index (χ2n) is 2.22. The molecule has 1 N–H and O–H groups in total. The molecular weight excluding hydrogens is 142 g/mol. The van der Waals surface area contributed by atoms with E-state index < -0.39 is 0 Å². The molecule has 11 heavy (non-hydrogen) atoms. The van der Waals surface area contributed by atoms with Crippen LogP contribution >= 0.6 is 0 Å². The van der Waals surface area contributed by atoms with Crippen LogP contribution in [-0.4, -0.2) is 25.0 Å². The van der Waals surface area contributed by atoms with E-state index in [2.05, 4.69) is 20.4 Å². The fourth-order valence-corrected chi connectivity index (χ4v) is 0.922. The molecule has 0 saturated carbocycles. The molecule has 0 atom stereocenters. The Labute approximate surface area is 63.1 Å². The van der Waals surface area contributed by atoms with Crippen LogP contribution in [0.3, 0.4) is 0 Å². The highest BCUT2D eigenvalue weighted by Gasteiger charge is 2.03. The Morgan fingerprint density at radius 3 is 3.00 bits per heavy atom. The number of aromatic amines is 1. The molecular formula is C6H7N5. The van der Waals surface area contributed by atoms with Crippen LogP contribution in [0.25, 0.3) is 11.5 Å². The van der Waals surface area contributed by atoms with Crippen LogP contribution in [0.2, 0.25) is 0 Å². The smallest absolute Gasteiger partial charge is 0.161 e. The van der Waals surface area contributed by atoms with E-state index in [0.717, 1.165) is 11.5 Å². The number of imidazole rings is 1. The first-order valence-electron chi connectivity index (χ1n) is 3.21. The quantitative estimate of drug-likeness (QED) is 0.630. The van der Waals surface area contributed by atoms with E-state index in [1.54, 1.807) is 12.4 Å². The molecule has 2 heterocycles. The molecule has 0 unspecified atom stereocenters. The molecule has 0 spiro atoms. The maximum atomic E-state index is 4.10. The van der Waals surface area contributed by atoms with E-state index in [-0.39, 0.29) is 0 Å². The molecule has 0 aliphatic carbocycles. The summed E-state index contributed by atoms with van der Waals surface area (Å²) in [5.41, 5.74) is 0.762. The minimum Gasteiger partial charge on any atom is -0.333 e. The van der Waals surface area contributed by atoms with Crippen molar-refractivity contribution in [1.82, 2.24) is 25.0 Å². The first kappa shape index (κ1) is 6.09. The summed E-state index contributed by atoms with van der Waals surface area (Å²) >= 11 is 0. The first-order valence-corrected chi connectivity index (χ1v) is 3.21. The minimum absolute atomic E-state index is 0.762. The summed E-state index contributed by atoms with van der Waals surface area (Å²) in [6.07, 6.45) is 5.23. The Morgan fingerprint density at radius 1 is 1.55 bits per heavy atom. The fourth-order valence-electron chi connectivity index (χ4n) is 0.922. The number of aryl methyl sites for hydroxylation is 1. The van der Waals surface area contributed by atoms with Gasteiger partial charge in [0.2, 0.25) is 0 Å². The van der Waals surface area contributed by atoms with Gasteiger partial charge in [-0.3, -0.25) is 0 Å². The second kappa shape index (κ2) is 2.19. The van der Waals surface area contributed by atoms with Crippen LogP contribution in [0.4, 0.5) is 0 Å². The molecule has 0 aliphatic rings. The SMILES string of the molecule is Cn1ccnc1-c1cn[nH]n1. The van der Waals surface area contributed by atoms with Crippen LogP contribution < -0.4 is 0 Å². The number of hydrogen-bond acceptors (Lipinski definition) is 3. The van der Waals surface area contributed by atoms with Gasteiger partial charge in [-0.15, -0.1) is 0 Å². The lowest BCUT2D eigenvalue weighted by atomic mass is 10.4. The Bertz CT molecular complexity index is 333. The zero-order valence-electron chi connectivity index (χ0n) is 6.02. The van der Waals surface area contributed by atoms with Gasteiger partial charge >= 0.3 is 0 Å². The van der Waals surface area contributed by atoms with Crippen LogP contribution in [0.5, 0.6) is 0 Å². The Balaban J connectivity index is 2.53. The van der Waals surface area contributed by atoms with Gasteiger partial charge in [-0.2, -0.15) is 15.4 Å². The normalized spacial score (nSPS) is 10.3. The summed E-state index contributed by atoms with van der Waals surface area (Å²) in [5.74, 6) is 0.818. The van der Waals surface area contributed by atoms with Crippen LogP contribution in [0.1, 0.15) is 0 Å². The van der Waals surface area contributed by atoms with Crippen molar-refractivity contribution in [2.75, 3.05) is 0 Å². The van der Waals surface area contributed by atoms with E-state index in [9.17, 15) is 0 Å². The summed E-state index contributed by atoms with van der Waals surface area (Å²) in [7, 11) is 1.91. The summed E-state index contributed by atoms with van der Waals surface area (Å²) in [6, 6.07) is 0. The summed E-state index contributed by atoms with van der Waals surface area (Å²) in [5, 5.41) is 10.1. The van der Waals surface area contributed by atoms with Crippen LogP contribution in [0, 0.1) is 0 Å². The highest BCUT2D eigenvalue weighted by Crippen LogP contribution is 2.09. The maximum Gasteiger partial charge on any atom is 0.161 e. The predicted octanol–water partition coefficient (Wildman–Crippen LogP) is 0.205. The molecule has 0 saturated heterocycles. The lowest BCUT2D eigenvalue weighted by molar-refractivity contribution is 0.903. The number of nitrogens with zero attached hydrogens (tertiary/aromatic N) is 4. The highest BCUT2D eigenvalue weighted by atomic mass is 15.3. The van der Waals surface area contributed by atoms with Gasteiger partial charge in [-0.25, -0.2) is 4.98 Å². The molecule has 2 rings (SSSR count).